The first-order chi connectivity index (χ1) is 11.3. The molecular formula is C19H17NO3. The van der Waals surface area contributed by atoms with Gasteiger partial charge >= 0.3 is 0 Å². The molecule has 0 saturated carbocycles. The van der Waals surface area contributed by atoms with E-state index < -0.39 is 0 Å². The lowest BCUT2D eigenvalue weighted by molar-refractivity contribution is -0.116. The average Bonchev–Trinajstić information content (AvgIpc) is 3.09. The SMILES string of the molecule is O=C(CCc1ccco1)Nc1ccccc1Oc1ccccc1. The zero-order valence-corrected chi connectivity index (χ0v) is 12.6. The number of ether oxygens (including phenoxy) is 1. The molecule has 0 aliphatic rings. The minimum absolute atomic E-state index is 0.0782. The van der Waals surface area contributed by atoms with Crippen LogP contribution in [0.5, 0.6) is 11.5 Å². The van der Waals surface area contributed by atoms with E-state index in [1.54, 1.807) is 6.26 Å². The second-order valence-corrected chi connectivity index (χ2v) is 5.04. The van der Waals surface area contributed by atoms with Gasteiger partial charge in [0, 0.05) is 12.8 Å². The van der Waals surface area contributed by atoms with Gasteiger partial charge in [-0.05, 0) is 36.4 Å². The van der Waals surface area contributed by atoms with Crippen molar-refractivity contribution in [2.75, 3.05) is 5.32 Å². The Hall–Kier alpha value is -3.01. The molecule has 2 aromatic carbocycles. The fourth-order valence-corrected chi connectivity index (χ4v) is 2.18. The summed E-state index contributed by atoms with van der Waals surface area (Å²) in [6.07, 6.45) is 2.53. The molecule has 1 N–H and O–H groups in total. The number of furan rings is 1. The highest BCUT2D eigenvalue weighted by atomic mass is 16.5. The Morgan fingerprint density at radius 2 is 1.74 bits per heavy atom. The Morgan fingerprint density at radius 3 is 2.52 bits per heavy atom. The lowest BCUT2D eigenvalue weighted by atomic mass is 10.2. The van der Waals surface area contributed by atoms with E-state index in [0.29, 0.717) is 24.3 Å². The van der Waals surface area contributed by atoms with Crippen molar-refractivity contribution in [1.82, 2.24) is 0 Å². The second kappa shape index (κ2) is 7.31. The summed E-state index contributed by atoms with van der Waals surface area (Å²) in [7, 11) is 0. The molecule has 0 saturated heterocycles. The Kier molecular flexibility index (Phi) is 4.74. The Bertz CT molecular complexity index is 751. The second-order valence-electron chi connectivity index (χ2n) is 5.04. The fourth-order valence-electron chi connectivity index (χ4n) is 2.18. The third-order valence-corrected chi connectivity index (χ3v) is 3.31. The summed E-state index contributed by atoms with van der Waals surface area (Å²) < 4.78 is 11.1. The maximum Gasteiger partial charge on any atom is 0.224 e. The molecule has 0 aliphatic heterocycles. The number of benzene rings is 2. The van der Waals surface area contributed by atoms with Crippen LogP contribution in [0.4, 0.5) is 5.69 Å². The number of anilines is 1. The maximum absolute atomic E-state index is 12.1. The van der Waals surface area contributed by atoms with Crippen LogP contribution in [0.2, 0.25) is 0 Å². The fraction of sp³-hybridized carbons (Fsp3) is 0.105. The van der Waals surface area contributed by atoms with Crippen LogP contribution in [-0.4, -0.2) is 5.91 Å². The summed E-state index contributed by atoms with van der Waals surface area (Å²) in [5, 5.41) is 2.89. The molecule has 0 spiro atoms. The van der Waals surface area contributed by atoms with Crippen LogP contribution in [-0.2, 0) is 11.2 Å². The number of rotatable bonds is 6. The monoisotopic (exact) mass is 307 g/mol. The summed E-state index contributed by atoms with van der Waals surface area (Å²) >= 11 is 0. The van der Waals surface area contributed by atoms with Crippen molar-refractivity contribution >= 4 is 11.6 Å². The van der Waals surface area contributed by atoms with Gasteiger partial charge in [-0.3, -0.25) is 4.79 Å². The predicted molar refractivity (Wildman–Crippen MR) is 88.6 cm³/mol. The van der Waals surface area contributed by atoms with Crippen LogP contribution in [0.3, 0.4) is 0 Å². The van der Waals surface area contributed by atoms with E-state index in [-0.39, 0.29) is 5.91 Å². The third kappa shape index (κ3) is 4.23. The number of nitrogens with one attached hydrogen (secondary N) is 1. The van der Waals surface area contributed by atoms with Crippen molar-refractivity contribution in [3.05, 3.63) is 78.8 Å². The van der Waals surface area contributed by atoms with Crippen LogP contribution in [0, 0.1) is 0 Å². The molecule has 3 rings (SSSR count). The standard InChI is InChI=1S/C19H17NO3/c21-19(13-12-15-9-6-14-22-15)20-17-10-4-5-11-18(17)23-16-7-2-1-3-8-16/h1-11,14H,12-13H2,(H,20,21). The Labute approximate surface area is 134 Å². The molecule has 23 heavy (non-hydrogen) atoms. The van der Waals surface area contributed by atoms with Crippen LogP contribution < -0.4 is 10.1 Å². The molecular weight excluding hydrogens is 290 g/mol. The molecule has 1 amide bonds. The van der Waals surface area contributed by atoms with Gasteiger partial charge in [0.15, 0.2) is 5.75 Å². The molecule has 0 aliphatic carbocycles. The maximum atomic E-state index is 12.1. The highest BCUT2D eigenvalue weighted by molar-refractivity contribution is 5.92. The van der Waals surface area contributed by atoms with Gasteiger partial charge in [0.25, 0.3) is 0 Å². The smallest absolute Gasteiger partial charge is 0.224 e. The molecule has 1 heterocycles. The van der Waals surface area contributed by atoms with Crippen molar-refractivity contribution in [3.8, 4) is 11.5 Å². The molecule has 0 atom stereocenters. The van der Waals surface area contributed by atoms with Crippen LogP contribution in [0.15, 0.2) is 77.4 Å². The molecule has 0 radical (unpaired) electrons. The van der Waals surface area contributed by atoms with Gasteiger partial charge in [-0.15, -0.1) is 0 Å². The molecule has 0 unspecified atom stereocenters. The zero-order valence-electron chi connectivity index (χ0n) is 12.6. The normalized spacial score (nSPS) is 10.3. The topological polar surface area (TPSA) is 51.5 Å². The number of aryl methyl sites for hydroxylation is 1. The van der Waals surface area contributed by atoms with Crippen LogP contribution >= 0.6 is 0 Å². The number of carbonyl (C=O) groups excluding carboxylic acids is 1. The lowest BCUT2D eigenvalue weighted by Gasteiger charge is -2.12. The number of hydrogen-bond donors (Lipinski definition) is 1. The van der Waals surface area contributed by atoms with Gasteiger partial charge in [0.1, 0.15) is 11.5 Å². The van der Waals surface area contributed by atoms with Crippen molar-refractivity contribution in [2.45, 2.75) is 12.8 Å². The van der Waals surface area contributed by atoms with Gasteiger partial charge < -0.3 is 14.5 Å². The molecule has 4 heteroatoms. The van der Waals surface area contributed by atoms with E-state index >= 15 is 0 Å². The van der Waals surface area contributed by atoms with Gasteiger partial charge in [0.2, 0.25) is 5.91 Å². The summed E-state index contributed by atoms with van der Waals surface area (Å²) in [5.74, 6) is 2.06. The van der Waals surface area contributed by atoms with Crippen molar-refractivity contribution in [2.24, 2.45) is 0 Å². The average molecular weight is 307 g/mol. The van der Waals surface area contributed by atoms with Gasteiger partial charge in [0.05, 0.1) is 12.0 Å². The van der Waals surface area contributed by atoms with E-state index in [2.05, 4.69) is 5.32 Å². The largest absolute Gasteiger partial charge is 0.469 e. The summed E-state index contributed by atoms with van der Waals surface area (Å²) in [4.78, 5) is 12.1. The quantitative estimate of drug-likeness (QED) is 0.721. The third-order valence-electron chi connectivity index (χ3n) is 3.31. The zero-order chi connectivity index (χ0) is 15.9. The molecule has 3 aromatic rings. The first-order valence-corrected chi connectivity index (χ1v) is 7.45. The van der Waals surface area contributed by atoms with E-state index in [9.17, 15) is 4.79 Å². The van der Waals surface area contributed by atoms with Crippen molar-refractivity contribution in [1.29, 1.82) is 0 Å². The Morgan fingerprint density at radius 1 is 0.957 bits per heavy atom. The van der Waals surface area contributed by atoms with Gasteiger partial charge in [-0.2, -0.15) is 0 Å². The summed E-state index contributed by atoms with van der Waals surface area (Å²) in [5.41, 5.74) is 0.654. The highest BCUT2D eigenvalue weighted by Gasteiger charge is 2.09. The molecule has 1 aromatic heterocycles. The van der Waals surface area contributed by atoms with E-state index in [4.69, 9.17) is 9.15 Å². The van der Waals surface area contributed by atoms with E-state index in [1.165, 1.54) is 0 Å². The lowest BCUT2D eigenvalue weighted by Crippen LogP contribution is -2.12. The molecule has 116 valence electrons. The molecule has 0 fully saturated rings. The van der Waals surface area contributed by atoms with Crippen LogP contribution in [0.25, 0.3) is 0 Å². The first-order valence-electron chi connectivity index (χ1n) is 7.45. The van der Waals surface area contributed by atoms with Gasteiger partial charge in [-0.1, -0.05) is 30.3 Å². The first kappa shape index (κ1) is 14.9. The molecule has 4 nitrogen and oxygen atoms in total. The summed E-state index contributed by atoms with van der Waals surface area (Å²) in [6, 6.07) is 20.5. The van der Waals surface area contributed by atoms with Crippen LogP contribution in [0.1, 0.15) is 12.2 Å². The van der Waals surface area contributed by atoms with Crippen molar-refractivity contribution < 1.29 is 13.9 Å². The minimum atomic E-state index is -0.0782. The number of hydrogen-bond acceptors (Lipinski definition) is 3. The Balaban J connectivity index is 1.64. The summed E-state index contributed by atoms with van der Waals surface area (Å²) in [6.45, 7) is 0. The van der Waals surface area contributed by atoms with Crippen molar-refractivity contribution in [3.63, 3.8) is 0 Å². The predicted octanol–water partition coefficient (Wildman–Crippen LogP) is 4.64. The molecule has 0 bridgehead atoms. The number of carbonyl (C=O) groups is 1. The van der Waals surface area contributed by atoms with E-state index in [0.717, 1.165) is 11.5 Å². The highest BCUT2D eigenvalue weighted by Crippen LogP contribution is 2.29. The van der Waals surface area contributed by atoms with Gasteiger partial charge in [-0.25, -0.2) is 0 Å². The number of amides is 1. The van der Waals surface area contributed by atoms with E-state index in [1.807, 2.05) is 66.7 Å². The minimum Gasteiger partial charge on any atom is -0.469 e. The number of para-hydroxylation sites is 3.